The fraction of sp³-hybridized carbons (Fsp3) is 0.500. The second-order valence-electron chi connectivity index (χ2n) is 4.12. The largest absolute Gasteiger partial charge is 0.494 e. The summed E-state index contributed by atoms with van der Waals surface area (Å²) in [6.45, 7) is 0.474. The molecule has 88 valence electrons. The van der Waals surface area contributed by atoms with Crippen LogP contribution in [0.3, 0.4) is 0 Å². The van der Waals surface area contributed by atoms with Gasteiger partial charge in [-0.15, -0.1) is 0 Å². The van der Waals surface area contributed by atoms with E-state index in [2.05, 4.69) is 5.32 Å². The van der Waals surface area contributed by atoms with Crippen LogP contribution in [-0.2, 0) is 0 Å². The van der Waals surface area contributed by atoms with Crippen LogP contribution in [0.5, 0.6) is 5.75 Å². The maximum atomic E-state index is 13.5. The topological polar surface area (TPSA) is 47.3 Å². The SMILES string of the molecule is COc1ccc(C(CN)NC2CC2)cc1F. The Balaban J connectivity index is 2.13. The molecule has 1 aromatic rings. The molecule has 1 saturated carbocycles. The molecule has 1 fully saturated rings. The highest BCUT2D eigenvalue weighted by molar-refractivity contribution is 5.31. The van der Waals surface area contributed by atoms with Crippen molar-refractivity contribution in [3.05, 3.63) is 29.6 Å². The number of halogens is 1. The molecule has 0 spiro atoms. The van der Waals surface area contributed by atoms with Gasteiger partial charge in [0.05, 0.1) is 7.11 Å². The van der Waals surface area contributed by atoms with Crippen LogP contribution in [-0.4, -0.2) is 19.7 Å². The van der Waals surface area contributed by atoms with Gasteiger partial charge in [0.1, 0.15) is 0 Å². The first-order valence-electron chi connectivity index (χ1n) is 5.54. The normalized spacial score (nSPS) is 17.2. The Bertz CT molecular complexity index is 366. The zero-order valence-corrected chi connectivity index (χ0v) is 9.37. The van der Waals surface area contributed by atoms with Crippen molar-refractivity contribution in [3.63, 3.8) is 0 Å². The first kappa shape index (κ1) is 11.4. The number of hydrogen-bond acceptors (Lipinski definition) is 3. The van der Waals surface area contributed by atoms with Crippen LogP contribution < -0.4 is 15.8 Å². The highest BCUT2D eigenvalue weighted by Crippen LogP contribution is 2.26. The zero-order chi connectivity index (χ0) is 11.5. The van der Waals surface area contributed by atoms with Crippen LogP contribution in [0.1, 0.15) is 24.4 Å². The molecule has 1 aliphatic rings. The summed E-state index contributed by atoms with van der Waals surface area (Å²) in [5.41, 5.74) is 6.57. The molecule has 0 amide bonds. The van der Waals surface area contributed by atoms with E-state index in [0.29, 0.717) is 12.6 Å². The van der Waals surface area contributed by atoms with E-state index in [4.69, 9.17) is 10.5 Å². The van der Waals surface area contributed by atoms with Gasteiger partial charge in [-0.25, -0.2) is 4.39 Å². The molecular formula is C12H17FN2O. The summed E-state index contributed by atoms with van der Waals surface area (Å²) >= 11 is 0. The summed E-state index contributed by atoms with van der Waals surface area (Å²) in [5, 5.41) is 3.39. The van der Waals surface area contributed by atoms with Gasteiger partial charge >= 0.3 is 0 Å². The van der Waals surface area contributed by atoms with E-state index in [1.807, 2.05) is 6.07 Å². The Labute approximate surface area is 94.8 Å². The van der Waals surface area contributed by atoms with Gasteiger partial charge in [0, 0.05) is 18.6 Å². The number of hydrogen-bond donors (Lipinski definition) is 2. The molecule has 3 nitrogen and oxygen atoms in total. The van der Waals surface area contributed by atoms with Crippen molar-refractivity contribution in [2.75, 3.05) is 13.7 Å². The number of methoxy groups -OCH3 is 1. The summed E-state index contributed by atoms with van der Waals surface area (Å²) in [7, 11) is 1.46. The number of rotatable bonds is 5. The Hall–Kier alpha value is -1.13. The van der Waals surface area contributed by atoms with Crippen LogP contribution in [0, 0.1) is 5.82 Å². The summed E-state index contributed by atoms with van der Waals surface area (Å²) in [5.74, 6) is -0.0676. The summed E-state index contributed by atoms with van der Waals surface area (Å²) in [4.78, 5) is 0. The molecule has 0 heterocycles. The summed E-state index contributed by atoms with van der Waals surface area (Å²) < 4.78 is 18.4. The molecule has 16 heavy (non-hydrogen) atoms. The molecule has 2 rings (SSSR count). The number of benzene rings is 1. The van der Waals surface area contributed by atoms with Crippen molar-refractivity contribution in [2.24, 2.45) is 5.73 Å². The van der Waals surface area contributed by atoms with E-state index in [-0.39, 0.29) is 17.6 Å². The molecular weight excluding hydrogens is 207 g/mol. The molecule has 3 N–H and O–H groups in total. The quantitative estimate of drug-likeness (QED) is 0.798. The predicted molar refractivity (Wildman–Crippen MR) is 60.9 cm³/mol. The lowest BCUT2D eigenvalue weighted by molar-refractivity contribution is 0.385. The lowest BCUT2D eigenvalue weighted by Crippen LogP contribution is -2.29. The number of nitrogens with two attached hydrogens (primary N) is 1. The van der Waals surface area contributed by atoms with Gasteiger partial charge in [0.25, 0.3) is 0 Å². The van der Waals surface area contributed by atoms with Gasteiger partial charge in [0.2, 0.25) is 0 Å². The average Bonchev–Trinajstić information content (AvgIpc) is 3.09. The molecule has 1 aromatic carbocycles. The van der Waals surface area contributed by atoms with Crippen molar-refractivity contribution in [1.29, 1.82) is 0 Å². The lowest BCUT2D eigenvalue weighted by Gasteiger charge is -2.17. The number of ether oxygens (including phenoxy) is 1. The van der Waals surface area contributed by atoms with Crippen molar-refractivity contribution in [3.8, 4) is 5.75 Å². The Morgan fingerprint density at radius 2 is 2.31 bits per heavy atom. The number of nitrogens with one attached hydrogen (secondary N) is 1. The second-order valence-corrected chi connectivity index (χ2v) is 4.12. The fourth-order valence-electron chi connectivity index (χ4n) is 1.73. The van der Waals surface area contributed by atoms with Gasteiger partial charge in [-0.2, -0.15) is 0 Å². The minimum absolute atomic E-state index is 0.0351. The van der Waals surface area contributed by atoms with E-state index in [1.165, 1.54) is 26.0 Å². The van der Waals surface area contributed by atoms with Crippen molar-refractivity contribution >= 4 is 0 Å². The predicted octanol–water partition coefficient (Wildman–Crippen LogP) is 1.59. The molecule has 0 bridgehead atoms. The van der Waals surface area contributed by atoms with Crippen molar-refractivity contribution < 1.29 is 9.13 Å². The van der Waals surface area contributed by atoms with Crippen LogP contribution >= 0.6 is 0 Å². The second kappa shape index (κ2) is 4.80. The maximum absolute atomic E-state index is 13.5. The molecule has 0 aromatic heterocycles. The molecule has 1 unspecified atom stereocenters. The third-order valence-electron chi connectivity index (χ3n) is 2.83. The minimum Gasteiger partial charge on any atom is -0.494 e. The van der Waals surface area contributed by atoms with Crippen LogP contribution in [0.25, 0.3) is 0 Å². The third kappa shape index (κ3) is 2.51. The fourth-order valence-corrected chi connectivity index (χ4v) is 1.73. The lowest BCUT2D eigenvalue weighted by atomic mass is 10.1. The smallest absolute Gasteiger partial charge is 0.165 e. The summed E-state index contributed by atoms with van der Waals surface area (Å²) in [6, 6.07) is 5.58. The molecule has 1 atom stereocenters. The van der Waals surface area contributed by atoms with E-state index < -0.39 is 0 Å². The van der Waals surface area contributed by atoms with Crippen LogP contribution in [0.2, 0.25) is 0 Å². The van der Waals surface area contributed by atoms with Crippen LogP contribution in [0.4, 0.5) is 4.39 Å². The first-order chi connectivity index (χ1) is 7.74. The zero-order valence-electron chi connectivity index (χ0n) is 9.37. The Morgan fingerprint density at radius 1 is 1.56 bits per heavy atom. The molecule has 1 aliphatic carbocycles. The van der Waals surface area contributed by atoms with Crippen molar-refractivity contribution in [1.82, 2.24) is 5.32 Å². The van der Waals surface area contributed by atoms with E-state index in [9.17, 15) is 4.39 Å². The highest BCUT2D eigenvalue weighted by Gasteiger charge is 2.25. The van der Waals surface area contributed by atoms with Gasteiger partial charge in [0.15, 0.2) is 11.6 Å². The minimum atomic E-state index is -0.337. The molecule has 4 heteroatoms. The van der Waals surface area contributed by atoms with E-state index >= 15 is 0 Å². The average molecular weight is 224 g/mol. The summed E-state index contributed by atoms with van der Waals surface area (Å²) in [6.07, 6.45) is 2.38. The monoisotopic (exact) mass is 224 g/mol. The van der Waals surface area contributed by atoms with Gasteiger partial charge in [-0.05, 0) is 30.5 Å². The molecule has 0 aliphatic heterocycles. The highest BCUT2D eigenvalue weighted by atomic mass is 19.1. The van der Waals surface area contributed by atoms with Crippen LogP contribution in [0.15, 0.2) is 18.2 Å². The first-order valence-corrected chi connectivity index (χ1v) is 5.54. The van der Waals surface area contributed by atoms with Gasteiger partial charge < -0.3 is 15.8 Å². The van der Waals surface area contributed by atoms with Gasteiger partial charge in [-0.1, -0.05) is 6.07 Å². The Morgan fingerprint density at radius 3 is 2.81 bits per heavy atom. The third-order valence-corrected chi connectivity index (χ3v) is 2.83. The van der Waals surface area contributed by atoms with E-state index in [1.54, 1.807) is 6.07 Å². The molecule has 0 radical (unpaired) electrons. The standard InChI is InChI=1S/C12H17FN2O/c1-16-12-5-2-8(6-10(12)13)11(7-14)15-9-3-4-9/h2,5-6,9,11,15H,3-4,7,14H2,1H3. The maximum Gasteiger partial charge on any atom is 0.165 e. The van der Waals surface area contributed by atoms with Gasteiger partial charge in [-0.3, -0.25) is 0 Å². The molecule has 0 saturated heterocycles. The Kier molecular flexibility index (Phi) is 3.41. The van der Waals surface area contributed by atoms with E-state index in [0.717, 1.165) is 5.56 Å². The van der Waals surface area contributed by atoms with Crippen molar-refractivity contribution in [2.45, 2.75) is 24.9 Å².